The van der Waals surface area contributed by atoms with Gasteiger partial charge >= 0.3 is 0 Å². The van der Waals surface area contributed by atoms with E-state index >= 15 is 0 Å². The molecule has 2 N–H and O–H groups in total. The third-order valence-corrected chi connectivity index (χ3v) is 6.75. The topological polar surface area (TPSA) is 86.7 Å². The molecule has 0 bridgehead atoms. The van der Waals surface area contributed by atoms with Crippen molar-refractivity contribution in [3.05, 3.63) is 29.8 Å². The minimum atomic E-state index is -3.24. The zero-order valence-corrected chi connectivity index (χ0v) is 14.5. The van der Waals surface area contributed by atoms with Crippen LogP contribution in [0.5, 0.6) is 0 Å². The summed E-state index contributed by atoms with van der Waals surface area (Å²) in [5.74, 6) is -0.0724. The van der Waals surface area contributed by atoms with E-state index in [-0.39, 0.29) is 18.2 Å². The molecule has 1 aliphatic carbocycles. The van der Waals surface area contributed by atoms with Gasteiger partial charge in [-0.15, -0.1) is 0 Å². The lowest BCUT2D eigenvalue weighted by atomic mass is 10.0. The Morgan fingerprint density at radius 2 is 1.79 bits per heavy atom. The molecule has 1 saturated carbocycles. The van der Waals surface area contributed by atoms with E-state index in [2.05, 4.69) is 5.32 Å². The number of nitrogens with one attached hydrogen (secondary N) is 1. The van der Waals surface area contributed by atoms with Crippen molar-refractivity contribution in [2.75, 3.05) is 23.1 Å². The molecule has 7 heteroatoms. The van der Waals surface area contributed by atoms with Gasteiger partial charge in [0.05, 0.1) is 17.0 Å². The predicted molar refractivity (Wildman–Crippen MR) is 92.6 cm³/mol. The normalized spacial score (nSPS) is 22.3. The molecule has 2 aliphatic rings. The molecule has 1 amide bonds. The third kappa shape index (κ3) is 3.72. The Morgan fingerprint density at radius 3 is 2.42 bits per heavy atom. The van der Waals surface area contributed by atoms with Crippen molar-refractivity contribution < 1.29 is 18.3 Å². The minimum Gasteiger partial charge on any atom is -0.388 e. The summed E-state index contributed by atoms with van der Waals surface area (Å²) in [5.41, 5.74) is 0.285. The van der Waals surface area contributed by atoms with Gasteiger partial charge in [-0.3, -0.25) is 9.10 Å². The highest BCUT2D eigenvalue weighted by atomic mass is 32.2. The van der Waals surface area contributed by atoms with Crippen molar-refractivity contribution in [1.82, 2.24) is 5.32 Å². The molecule has 1 aromatic rings. The number of carbonyl (C=O) groups is 1. The second kappa shape index (κ2) is 6.72. The summed E-state index contributed by atoms with van der Waals surface area (Å²) >= 11 is 0. The first-order valence-electron chi connectivity index (χ1n) is 8.51. The fourth-order valence-corrected chi connectivity index (χ4v) is 5.05. The first-order chi connectivity index (χ1) is 11.4. The molecule has 132 valence electrons. The molecule has 0 spiro atoms. The first kappa shape index (κ1) is 17.2. The predicted octanol–water partition coefficient (Wildman–Crippen LogP) is 1.65. The van der Waals surface area contributed by atoms with Gasteiger partial charge in [-0.1, -0.05) is 12.8 Å². The van der Waals surface area contributed by atoms with Gasteiger partial charge in [-0.2, -0.15) is 0 Å². The summed E-state index contributed by atoms with van der Waals surface area (Å²) in [4.78, 5) is 12.2. The molecule has 1 saturated heterocycles. The number of carbonyl (C=O) groups excluding carboxylic acids is 1. The van der Waals surface area contributed by atoms with Crippen LogP contribution in [0.25, 0.3) is 0 Å². The van der Waals surface area contributed by atoms with Gasteiger partial charge in [0.15, 0.2) is 0 Å². The van der Waals surface area contributed by atoms with Gasteiger partial charge < -0.3 is 10.4 Å². The Morgan fingerprint density at radius 1 is 1.12 bits per heavy atom. The van der Waals surface area contributed by atoms with Crippen LogP contribution in [0.15, 0.2) is 24.3 Å². The van der Waals surface area contributed by atoms with Gasteiger partial charge in [-0.05, 0) is 49.9 Å². The zero-order chi connectivity index (χ0) is 17.2. The van der Waals surface area contributed by atoms with E-state index in [9.17, 15) is 18.3 Å². The van der Waals surface area contributed by atoms with Gasteiger partial charge in [0.25, 0.3) is 5.91 Å². The molecular weight excluding hydrogens is 328 g/mol. The summed E-state index contributed by atoms with van der Waals surface area (Å²) in [6, 6.07) is 6.60. The first-order valence-corrected chi connectivity index (χ1v) is 10.1. The van der Waals surface area contributed by atoms with Crippen molar-refractivity contribution in [2.45, 2.75) is 44.1 Å². The molecule has 0 aromatic heterocycles. The number of aliphatic hydroxyl groups is 1. The van der Waals surface area contributed by atoms with E-state index in [0.29, 0.717) is 24.2 Å². The number of amides is 1. The summed E-state index contributed by atoms with van der Waals surface area (Å²) in [5, 5.41) is 13.0. The Bertz CT molecular complexity index is 694. The molecule has 0 atom stereocenters. The van der Waals surface area contributed by atoms with Crippen LogP contribution in [0.1, 0.15) is 48.9 Å². The lowest BCUT2D eigenvalue weighted by Gasteiger charge is -2.28. The van der Waals surface area contributed by atoms with E-state index in [0.717, 1.165) is 32.1 Å². The highest BCUT2D eigenvalue weighted by molar-refractivity contribution is 7.92. The van der Waals surface area contributed by atoms with Gasteiger partial charge in [0.1, 0.15) is 0 Å². The maximum absolute atomic E-state index is 12.2. The number of sulfonamides is 1. The number of hydrogen-bond donors (Lipinski definition) is 2. The Hall–Kier alpha value is -1.60. The Balaban J connectivity index is 1.64. The lowest BCUT2D eigenvalue weighted by Crippen LogP contribution is -2.40. The van der Waals surface area contributed by atoms with Crippen LogP contribution in [0.4, 0.5) is 5.69 Å². The number of benzene rings is 1. The minimum absolute atomic E-state index is 0.174. The molecular formula is C17H24N2O4S. The van der Waals surface area contributed by atoms with E-state index in [1.165, 1.54) is 4.31 Å². The third-order valence-electron chi connectivity index (χ3n) is 4.88. The van der Waals surface area contributed by atoms with E-state index < -0.39 is 15.6 Å². The molecule has 1 aliphatic heterocycles. The second-order valence-corrected chi connectivity index (χ2v) is 8.77. The standard InChI is InChI=1S/C17H24N2O4S/c20-16(18-13-17(21)9-1-2-10-17)14-5-7-15(8-6-14)19-11-3-4-12-24(19,22)23/h5-8,21H,1-4,9-13H2,(H,18,20). The molecule has 6 nitrogen and oxygen atoms in total. The van der Waals surface area contributed by atoms with Gasteiger partial charge in [0, 0.05) is 18.7 Å². The Labute approximate surface area is 142 Å². The molecule has 1 heterocycles. The van der Waals surface area contributed by atoms with Crippen molar-refractivity contribution >= 4 is 21.6 Å². The van der Waals surface area contributed by atoms with Gasteiger partial charge in [-0.25, -0.2) is 8.42 Å². The average molecular weight is 352 g/mol. The largest absolute Gasteiger partial charge is 0.388 e. The summed E-state index contributed by atoms with van der Waals surface area (Å²) in [6.45, 7) is 0.745. The average Bonchev–Trinajstić information content (AvgIpc) is 3.00. The second-order valence-electron chi connectivity index (χ2n) is 6.76. The maximum atomic E-state index is 12.2. The number of hydrogen-bond acceptors (Lipinski definition) is 4. The van der Waals surface area contributed by atoms with Crippen LogP contribution in [0.3, 0.4) is 0 Å². The van der Waals surface area contributed by atoms with Crippen LogP contribution in [-0.2, 0) is 10.0 Å². The zero-order valence-electron chi connectivity index (χ0n) is 13.7. The molecule has 24 heavy (non-hydrogen) atoms. The fraction of sp³-hybridized carbons (Fsp3) is 0.588. The maximum Gasteiger partial charge on any atom is 0.251 e. The van der Waals surface area contributed by atoms with Crippen LogP contribution >= 0.6 is 0 Å². The lowest BCUT2D eigenvalue weighted by molar-refractivity contribution is 0.0449. The van der Waals surface area contributed by atoms with Crippen LogP contribution < -0.4 is 9.62 Å². The highest BCUT2D eigenvalue weighted by Crippen LogP contribution is 2.28. The molecule has 0 unspecified atom stereocenters. The van der Waals surface area contributed by atoms with Crippen molar-refractivity contribution in [3.8, 4) is 0 Å². The van der Waals surface area contributed by atoms with E-state index in [4.69, 9.17) is 0 Å². The van der Waals surface area contributed by atoms with Gasteiger partial charge in [0.2, 0.25) is 10.0 Å². The fourth-order valence-electron chi connectivity index (χ4n) is 3.41. The summed E-state index contributed by atoms with van der Waals surface area (Å²) < 4.78 is 25.6. The van der Waals surface area contributed by atoms with E-state index in [1.807, 2.05) is 0 Å². The quantitative estimate of drug-likeness (QED) is 0.863. The van der Waals surface area contributed by atoms with Crippen molar-refractivity contribution in [2.24, 2.45) is 0 Å². The summed E-state index contributed by atoms with van der Waals surface area (Å²) in [6.07, 6.45) is 4.97. The molecule has 3 rings (SSSR count). The highest BCUT2D eigenvalue weighted by Gasteiger charge is 2.31. The van der Waals surface area contributed by atoms with Crippen LogP contribution in [0.2, 0.25) is 0 Å². The van der Waals surface area contributed by atoms with Crippen LogP contribution in [-0.4, -0.2) is 43.9 Å². The molecule has 2 fully saturated rings. The number of rotatable bonds is 4. The monoisotopic (exact) mass is 352 g/mol. The number of nitrogens with zero attached hydrogens (tertiary/aromatic N) is 1. The van der Waals surface area contributed by atoms with Crippen molar-refractivity contribution in [3.63, 3.8) is 0 Å². The molecule has 1 aromatic carbocycles. The van der Waals surface area contributed by atoms with E-state index in [1.54, 1.807) is 24.3 Å². The Kier molecular flexibility index (Phi) is 4.83. The SMILES string of the molecule is O=C(NCC1(O)CCCC1)c1ccc(N2CCCCS2(=O)=O)cc1. The van der Waals surface area contributed by atoms with Crippen molar-refractivity contribution in [1.29, 1.82) is 0 Å². The van der Waals surface area contributed by atoms with Crippen LogP contribution in [0, 0.1) is 0 Å². The number of anilines is 1. The smallest absolute Gasteiger partial charge is 0.251 e. The summed E-state index contributed by atoms with van der Waals surface area (Å²) in [7, 11) is -3.24. The molecule has 0 radical (unpaired) electrons.